The summed E-state index contributed by atoms with van der Waals surface area (Å²) in [6.45, 7) is 2.11. The minimum absolute atomic E-state index is 0.0768. The van der Waals surface area contributed by atoms with Gasteiger partial charge in [-0.2, -0.15) is 0 Å². The van der Waals surface area contributed by atoms with Crippen molar-refractivity contribution in [3.8, 4) is 5.75 Å². The van der Waals surface area contributed by atoms with Crippen LogP contribution in [0.4, 0.5) is 0 Å². The van der Waals surface area contributed by atoms with E-state index in [1.807, 2.05) is 42.5 Å². The fourth-order valence-corrected chi connectivity index (χ4v) is 3.33. The number of ketones is 1. The van der Waals surface area contributed by atoms with E-state index >= 15 is 0 Å². The highest BCUT2D eigenvalue weighted by Crippen LogP contribution is 2.39. The normalized spacial score (nSPS) is 17.7. The van der Waals surface area contributed by atoms with Gasteiger partial charge in [-0.15, -0.1) is 11.8 Å². The van der Waals surface area contributed by atoms with Gasteiger partial charge < -0.3 is 9.47 Å². The van der Waals surface area contributed by atoms with Crippen LogP contribution in [0.25, 0.3) is 0 Å². The molecule has 1 atom stereocenters. The van der Waals surface area contributed by atoms with Gasteiger partial charge in [0, 0.05) is 0 Å². The second-order valence-corrected chi connectivity index (χ2v) is 6.28. The second kappa shape index (κ2) is 8.03. The smallest absolute Gasteiger partial charge is 0.316 e. The molecule has 0 saturated carbocycles. The molecule has 0 spiro atoms. The summed E-state index contributed by atoms with van der Waals surface area (Å²) in [5.41, 5.74) is 1.96. The highest BCUT2D eigenvalue weighted by Gasteiger charge is 2.32. The predicted octanol–water partition coefficient (Wildman–Crippen LogP) is 4.18. The van der Waals surface area contributed by atoms with Gasteiger partial charge in [0.2, 0.25) is 0 Å². The highest BCUT2D eigenvalue weighted by atomic mass is 32.2. The molecule has 0 aromatic heterocycles. The van der Waals surface area contributed by atoms with Gasteiger partial charge in [-0.25, -0.2) is 0 Å². The van der Waals surface area contributed by atoms with E-state index < -0.39 is 6.10 Å². The van der Waals surface area contributed by atoms with E-state index in [4.69, 9.17) is 9.47 Å². The topological polar surface area (TPSA) is 52.6 Å². The van der Waals surface area contributed by atoms with Gasteiger partial charge in [0.1, 0.15) is 5.75 Å². The molecule has 0 radical (unpaired) electrons. The third kappa shape index (κ3) is 3.94. The van der Waals surface area contributed by atoms with Crippen molar-refractivity contribution in [2.45, 2.75) is 13.0 Å². The van der Waals surface area contributed by atoms with Gasteiger partial charge in [0.25, 0.3) is 0 Å². The number of para-hydroxylation sites is 1. The van der Waals surface area contributed by atoms with Crippen molar-refractivity contribution in [1.29, 1.82) is 0 Å². The van der Waals surface area contributed by atoms with Crippen LogP contribution in [0.2, 0.25) is 0 Å². The fraction of sp³-hybridized carbons (Fsp3) is 0.200. The fourth-order valence-electron chi connectivity index (χ4n) is 2.61. The second-order valence-electron chi connectivity index (χ2n) is 5.42. The zero-order chi connectivity index (χ0) is 17.6. The Kier molecular flexibility index (Phi) is 5.56. The molecular weight excluding hydrogens is 336 g/mol. The number of esters is 1. The van der Waals surface area contributed by atoms with Gasteiger partial charge in [-0.1, -0.05) is 42.5 Å². The van der Waals surface area contributed by atoms with Crippen molar-refractivity contribution in [3.05, 3.63) is 76.7 Å². The molecule has 4 nitrogen and oxygen atoms in total. The van der Waals surface area contributed by atoms with Gasteiger partial charge >= 0.3 is 5.97 Å². The van der Waals surface area contributed by atoms with Crippen molar-refractivity contribution in [3.63, 3.8) is 0 Å². The van der Waals surface area contributed by atoms with Crippen LogP contribution >= 0.6 is 11.8 Å². The average Bonchev–Trinajstić information content (AvgIpc) is 2.64. The molecule has 2 aromatic carbocycles. The number of carbonyl (C=O) groups is 2. The largest absolute Gasteiger partial charge is 0.480 e. The zero-order valence-corrected chi connectivity index (χ0v) is 14.6. The molecule has 1 unspecified atom stereocenters. The van der Waals surface area contributed by atoms with Crippen LogP contribution < -0.4 is 4.74 Å². The van der Waals surface area contributed by atoms with Crippen LogP contribution in [0.3, 0.4) is 0 Å². The molecule has 25 heavy (non-hydrogen) atoms. The van der Waals surface area contributed by atoms with E-state index in [0.717, 1.165) is 5.56 Å². The van der Waals surface area contributed by atoms with Crippen molar-refractivity contribution >= 4 is 23.5 Å². The van der Waals surface area contributed by atoms with Crippen LogP contribution in [-0.2, 0) is 9.53 Å². The first-order chi connectivity index (χ1) is 12.2. The molecule has 0 N–H and O–H groups in total. The summed E-state index contributed by atoms with van der Waals surface area (Å²) in [4.78, 5) is 24.5. The lowest BCUT2D eigenvalue weighted by molar-refractivity contribution is -0.139. The maximum atomic E-state index is 12.9. The number of rotatable bonds is 5. The van der Waals surface area contributed by atoms with Crippen molar-refractivity contribution in [1.82, 2.24) is 0 Å². The molecule has 128 valence electrons. The van der Waals surface area contributed by atoms with Crippen molar-refractivity contribution in [2.75, 3.05) is 12.4 Å². The predicted molar refractivity (Wildman–Crippen MR) is 97.8 cm³/mol. The monoisotopic (exact) mass is 354 g/mol. The number of ether oxygens (including phenoxy) is 2. The maximum absolute atomic E-state index is 12.9. The summed E-state index contributed by atoms with van der Waals surface area (Å²) < 4.78 is 11.0. The number of thioether (sulfide) groups is 1. The van der Waals surface area contributed by atoms with Crippen LogP contribution in [0, 0.1) is 0 Å². The molecule has 1 aliphatic heterocycles. The van der Waals surface area contributed by atoms with Crippen LogP contribution in [0.15, 0.2) is 65.6 Å². The Morgan fingerprint density at radius 2 is 1.88 bits per heavy atom. The molecule has 5 heteroatoms. The molecule has 0 aliphatic carbocycles. The first-order valence-electron chi connectivity index (χ1n) is 8.03. The Morgan fingerprint density at radius 3 is 2.64 bits per heavy atom. The summed E-state index contributed by atoms with van der Waals surface area (Å²) in [6, 6.07) is 16.8. The maximum Gasteiger partial charge on any atom is 0.316 e. The quantitative estimate of drug-likeness (QED) is 0.595. The van der Waals surface area contributed by atoms with Gasteiger partial charge in [0.15, 0.2) is 11.9 Å². The van der Waals surface area contributed by atoms with E-state index in [-0.39, 0.29) is 17.5 Å². The lowest BCUT2D eigenvalue weighted by Crippen LogP contribution is -2.23. The lowest BCUT2D eigenvalue weighted by Gasteiger charge is -2.28. The van der Waals surface area contributed by atoms with E-state index in [1.165, 1.54) is 11.8 Å². The summed E-state index contributed by atoms with van der Waals surface area (Å²) in [5, 5.41) is 1.72. The van der Waals surface area contributed by atoms with Crippen LogP contribution in [0.5, 0.6) is 5.75 Å². The minimum Gasteiger partial charge on any atom is -0.480 e. The molecule has 2 aromatic rings. The van der Waals surface area contributed by atoms with Gasteiger partial charge in [-0.3, -0.25) is 9.59 Å². The molecule has 0 saturated heterocycles. The standard InChI is InChI=1S/C20H18O4S/c1-2-23-18(21)13-25-12-16-19(22)15-10-6-7-11-17(15)24-20(16)14-8-4-3-5-9-14/h3-12,20H,2,13H2,1H3/b16-12+. The number of Topliss-reactive ketones (excluding diaryl/α,β-unsaturated/α-hetero) is 1. The summed E-state index contributed by atoms with van der Waals surface area (Å²) in [7, 11) is 0. The summed E-state index contributed by atoms with van der Waals surface area (Å²) in [5.74, 6) is 0.361. The van der Waals surface area contributed by atoms with Crippen LogP contribution in [-0.4, -0.2) is 24.1 Å². The Hall–Kier alpha value is -2.53. The Labute approximate surface area is 150 Å². The first kappa shape index (κ1) is 17.3. The molecule has 0 fully saturated rings. The Balaban J connectivity index is 1.91. The number of benzene rings is 2. The molecule has 1 heterocycles. The van der Waals surface area contributed by atoms with E-state index in [1.54, 1.807) is 24.5 Å². The average molecular weight is 354 g/mol. The minimum atomic E-state index is -0.488. The van der Waals surface area contributed by atoms with Crippen molar-refractivity contribution in [2.24, 2.45) is 0 Å². The van der Waals surface area contributed by atoms with Gasteiger partial charge in [0.05, 0.1) is 23.5 Å². The number of hydrogen-bond donors (Lipinski definition) is 0. The third-order valence-electron chi connectivity index (χ3n) is 3.74. The Morgan fingerprint density at radius 1 is 1.16 bits per heavy atom. The molecule has 3 rings (SSSR count). The molecule has 1 aliphatic rings. The lowest BCUT2D eigenvalue weighted by atomic mass is 9.92. The molecule has 0 bridgehead atoms. The van der Waals surface area contributed by atoms with E-state index in [0.29, 0.717) is 23.5 Å². The van der Waals surface area contributed by atoms with Crippen LogP contribution in [0.1, 0.15) is 28.9 Å². The SMILES string of the molecule is CCOC(=O)CS/C=C1\C(=O)c2ccccc2OC1c1ccccc1. The Bertz CT molecular complexity index is 798. The molecular formula is C20H18O4S. The summed E-state index contributed by atoms with van der Waals surface area (Å²) in [6.07, 6.45) is -0.488. The zero-order valence-electron chi connectivity index (χ0n) is 13.8. The van der Waals surface area contributed by atoms with Gasteiger partial charge in [-0.05, 0) is 30.0 Å². The van der Waals surface area contributed by atoms with E-state index in [2.05, 4.69) is 0 Å². The number of fused-ring (bicyclic) bond motifs is 1. The van der Waals surface area contributed by atoms with Crippen molar-refractivity contribution < 1.29 is 19.1 Å². The number of carbonyl (C=O) groups excluding carboxylic acids is 2. The third-order valence-corrected chi connectivity index (χ3v) is 4.56. The summed E-state index contributed by atoms with van der Waals surface area (Å²) >= 11 is 1.25. The molecule has 0 amide bonds. The number of hydrogen-bond acceptors (Lipinski definition) is 5. The first-order valence-corrected chi connectivity index (χ1v) is 9.08. The highest BCUT2D eigenvalue weighted by molar-refractivity contribution is 8.02. The van der Waals surface area contributed by atoms with E-state index in [9.17, 15) is 9.59 Å².